The summed E-state index contributed by atoms with van der Waals surface area (Å²) in [5.74, 6) is 0.427. The van der Waals surface area contributed by atoms with Gasteiger partial charge in [-0.15, -0.1) is 0 Å². The zero-order chi connectivity index (χ0) is 24.1. The summed E-state index contributed by atoms with van der Waals surface area (Å²) in [5, 5.41) is 4.38. The zero-order valence-electron chi connectivity index (χ0n) is 20.6. The first-order valence-electron chi connectivity index (χ1n) is 12.1. The van der Waals surface area contributed by atoms with Crippen LogP contribution >= 0.6 is 0 Å². The number of aryl methyl sites for hydroxylation is 1. The lowest BCUT2D eigenvalue weighted by Gasteiger charge is -2.35. The minimum atomic E-state index is -0.388. The van der Waals surface area contributed by atoms with E-state index in [0.717, 1.165) is 60.6 Å². The van der Waals surface area contributed by atoms with Crippen molar-refractivity contribution in [1.82, 2.24) is 9.88 Å². The molecule has 1 aliphatic rings. The zero-order valence-corrected chi connectivity index (χ0v) is 20.6. The van der Waals surface area contributed by atoms with Gasteiger partial charge < -0.3 is 24.6 Å². The molecule has 0 radical (unpaired) electrons. The quantitative estimate of drug-likeness (QED) is 0.479. The number of esters is 1. The molecule has 4 rings (SSSR count). The Hall–Kier alpha value is -3.32. The number of carbonyl (C=O) groups is 1. The first kappa shape index (κ1) is 23.8. The molecule has 1 aliphatic heterocycles. The Bertz CT molecular complexity index is 1160. The van der Waals surface area contributed by atoms with E-state index in [-0.39, 0.29) is 5.97 Å². The second-order valence-electron chi connectivity index (χ2n) is 8.51. The lowest BCUT2D eigenvalue weighted by atomic mass is 10.1. The highest BCUT2D eigenvalue weighted by molar-refractivity contribution is 6.07. The molecule has 0 bridgehead atoms. The van der Waals surface area contributed by atoms with Crippen LogP contribution in [-0.2, 0) is 11.2 Å². The number of likely N-dealkylation sites (N-methyl/N-ethyl adjacent to an activating group) is 1. The summed E-state index contributed by atoms with van der Waals surface area (Å²) in [6.07, 6.45) is 2.53. The van der Waals surface area contributed by atoms with Crippen LogP contribution in [0.25, 0.3) is 10.9 Å². The van der Waals surface area contributed by atoms with E-state index in [1.165, 1.54) is 5.56 Å². The van der Waals surface area contributed by atoms with Gasteiger partial charge in [0.2, 0.25) is 0 Å². The summed E-state index contributed by atoms with van der Waals surface area (Å²) in [6, 6.07) is 12.3. The second kappa shape index (κ2) is 10.7. The molecule has 180 valence electrons. The van der Waals surface area contributed by atoms with Gasteiger partial charge in [0.15, 0.2) is 0 Å². The number of piperazine rings is 1. The lowest BCUT2D eigenvalue weighted by Crippen LogP contribution is -2.44. The molecule has 1 fully saturated rings. The van der Waals surface area contributed by atoms with Gasteiger partial charge in [0.05, 0.1) is 30.1 Å². The predicted molar refractivity (Wildman–Crippen MR) is 138 cm³/mol. The highest BCUT2D eigenvalue weighted by Crippen LogP contribution is 2.38. The van der Waals surface area contributed by atoms with Crippen LogP contribution in [0.4, 0.5) is 17.1 Å². The molecule has 1 saturated heterocycles. The number of ether oxygens (including phenoxy) is 2. The Morgan fingerprint density at radius 3 is 2.56 bits per heavy atom. The molecule has 1 aromatic heterocycles. The van der Waals surface area contributed by atoms with E-state index < -0.39 is 0 Å². The largest absolute Gasteiger partial charge is 0.492 e. The third-order valence-electron chi connectivity index (χ3n) is 6.19. The van der Waals surface area contributed by atoms with Crippen molar-refractivity contribution in [2.24, 2.45) is 0 Å². The molecule has 7 nitrogen and oxygen atoms in total. The maximum atomic E-state index is 12.9. The van der Waals surface area contributed by atoms with E-state index >= 15 is 0 Å². The van der Waals surface area contributed by atoms with Crippen LogP contribution in [0.1, 0.15) is 36.7 Å². The molecule has 3 aromatic rings. The number of benzene rings is 2. The van der Waals surface area contributed by atoms with Crippen LogP contribution in [0.15, 0.2) is 42.6 Å². The number of nitrogens with zero attached hydrogens (tertiary/aromatic N) is 3. The predicted octanol–water partition coefficient (Wildman–Crippen LogP) is 4.87. The van der Waals surface area contributed by atoms with E-state index in [1.807, 2.05) is 32.0 Å². The molecule has 0 amide bonds. The molecule has 0 saturated carbocycles. The SMILES string of the molecule is CCOC(=O)c1cnc2cc(OCC)c(N3CCN(C)CC3)cc2c1Nc1cccc(CC)c1. The van der Waals surface area contributed by atoms with Crippen LogP contribution < -0.4 is 15.0 Å². The minimum absolute atomic E-state index is 0.303. The molecule has 34 heavy (non-hydrogen) atoms. The minimum Gasteiger partial charge on any atom is -0.492 e. The third kappa shape index (κ3) is 5.09. The summed E-state index contributed by atoms with van der Waals surface area (Å²) in [7, 11) is 2.14. The van der Waals surface area contributed by atoms with Gasteiger partial charge in [0, 0.05) is 49.5 Å². The number of pyridine rings is 1. The maximum absolute atomic E-state index is 12.9. The molecular weight excluding hydrogens is 428 g/mol. The van der Waals surface area contributed by atoms with Crippen molar-refractivity contribution in [2.75, 3.05) is 56.7 Å². The summed E-state index contributed by atoms with van der Waals surface area (Å²) in [5.41, 5.74) is 5.06. The van der Waals surface area contributed by atoms with E-state index in [4.69, 9.17) is 9.47 Å². The number of hydrogen-bond donors (Lipinski definition) is 1. The van der Waals surface area contributed by atoms with E-state index in [0.29, 0.717) is 24.5 Å². The number of rotatable bonds is 8. The van der Waals surface area contributed by atoms with Gasteiger partial charge in [-0.05, 0) is 51.1 Å². The van der Waals surface area contributed by atoms with E-state index in [1.54, 1.807) is 6.20 Å². The van der Waals surface area contributed by atoms with Crippen LogP contribution in [0.2, 0.25) is 0 Å². The van der Waals surface area contributed by atoms with Gasteiger partial charge >= 0.3 is 5.97 Å². The van der Waals surface area contributed by atoms with E-state index in [9.17, 15) is 4.79 Å². The Morgan fingerprint density at radius 2 is 1.85 bits per heavy atom. The van der Waals surface area contributed by atoms with Crippen molar-refractivity contribution in [2.45, 2.75) is 27.2 Å². The van der Waals surface area contributed by atoms with Gasteiger partial charge in [-0.25, -0.2) is 4.79 Å². The van der Waals surface area contributed by atoms with Crippen molar-refractivity contribution >= 4 is 33.9 Å². The first-order valence-corrected chi connectivity index (χ1v) is 12.1. The second-order valence-corrected chi connectivity index (χ2v) is 8.51. The van der Waals surface area contributed by atoms with Crippen molar-refractivity contribution in [3.05, 3.63) is 53.7 Å². The fourth-order valence-corrected chi connectivity index (χ4v) is 4.29. The molecule has 0 spiro atoms. The van der Waals surface area contributed by atoms with Crippen molar-refractivity contribution in [1.29, 1.82) is 0 Å². The molecule has 7 heteroatoms. The van der Waals surface area contributed by atoms with Gasteiger partial charge in [-0.3, -0.25) is 4.98 Å². The number of hydrogen-bond acceptors (Lipinski definition) is 7. The van der Waals surface area contributed by atoms with Crippen molar-refractivity contribution in [3.63, 3.8) is 0 Å². The monoisotopic (exact) mass is 462 g/mol. The topological polar surface area (TPSA) is 66.9 Å². The Kier molecular flexibility index (Phi) is 7.53. The number of fused-ring (bicyclic) bond motifs is 1. The van der Waals surface area contributed by atoms with Crippen LogP contribution in [0.3, 0.4) is 0 Å². The first-order chi connectivity index (χ1) is 16.5. The summed E-state index contributed by atoms with van der Waals surface area (Å²) >= 11 is 0. The van der Waals surface area contributed by atoms with Gasteiger partial charge in [-0.2, -0.15) is 0 Å². The average Bonchev–Trinajstić information content (AvgIpc) is 2.85. The number of aromatic nitrogens is 1. The standard InChI is InChI=1S/C27H34N4O3/c1-5-19-9-8-10-20(15-19)29-26-21-16-24(31-13-11-30(4)12-14-31)25(33-6-2)17-23(21)28-18-22(26)27(32)34-7-3/h8-10,15-18H,5-7,11-14H2,1-4H3,(H,28,29). The summed E-state index contributed by atoms with van der Waals surface area (Å²) < 4.78 is 11.4. The number of nitrogens with one attached hydrogen (secondary N) is 1. The Balaban J connectivity index is 1.87. The fraction of sp³-hybridized carbons (Fsp3) is 0.407. The molecule has 2 aromatic carbocycles. The Morgan fingerprint density at radius 1 is 1.06 bits per heavy atom. The van der Waals surface area contributed by atoms with Crippen LogP contribution in [0.5, 0.6) is 5.75 Å². The molecule has 0 aliphatic carbocycles. The number of carbonyl (C=O) groups excluding carboxylic acids is 1. The third-order valence-corrected chi connectivity index (χ3v) is 6.19. The van der Waals surface area contributed by atoms with Crippen molar-refractivity contribution in [3.8, 4) is 5.75 Å². The molecule has 0 unspecified atom stereocenters. The van der Waals surface area contributed by atoms with Crippen LogP contribution in [0, 0.1) is 0 Å². The van der Waals surface area contributed by atoms with Gasteiger partial charge in [-0.1, -0.05) is 19.1 Å². The fourth-order valence-electron chi connectivity index (χ4n) is 4.29. The Labute approximate surface area is 201 Å². The van der Waals surface area contributed by atoms with Gasteiger partial charge in [0.25, 0.3) is 0 Å². The summed E-state index contributed by atoms with van der Waals surface area (Å²) in [6.45, 7) is 10.6. The molecule has 1 N–H and O–H groups in total. The highest BCUT2D eigenvalue weighted by atomic mass is 16.5. The average molecular weight is 463 g/mol. The highest BCUT2D eigenvalue weighted by Gasteiger charge is 2.23. The van der Waals surface area contributed by atoms with Crippen LogP contribution in [-0.4, -0.2) is 62.3 Å². The van der Waals surface area contributed by atoms with Crippen molar-refractivity contribution < 1.29 is 14.3 Å². The molecule has 0 atom stereocenters. The van der Waals surface area contributed by atoms with Gasteiger partial charge in [0.1, 0.15) is 11.3 Å². The lowest BCUT2D eigenvalue weighted by molar-refractivity contribution is 0.0527. The van der Waals surface area contributed by atoms with E-state index in [2.05, 4.69) is 52.3 Å². The smallest absolute Gasteiger partial charge is 0.341 e. The summed E-state index contributed by atoms with van der Waals surface area (Å²) in [4.78, 5) is 22.2. The normalized spacial score (nSPS) is 14.3. The maximum Gasteiger partial charge on any atom is 0.341 e. The number of anilines is 3. The molecular formula is C27H34N4O3. The molecule has 2 heterocycles.